The molecule has 142 valence electrons. The van der Waals surface area contributed by atoms with Crippen LogP contribution in [-0.2, 0) is 0 Å². The molecule has 1 aromatic heterocycles. The lowest BCUT2D eigenvalue weighted by Crippen LogP contribution is -2.20. The van der Waals surface area contributed by atoms with Gasteiger partial charge in [-0.3, -0.25) is 4.79 Å². The maximum atomic E-state index is 13.5. The number of Topliss-reactive ketones (excluding diaryl/α,β-unsaturated/α-hetero) is 1. The molecule has 0 aliphatic heterocycles. The number of unbranched alkanes of at least 4 members (excludes halogenated alkanes) is 2. The van der Waals surface area contributed by atoms with Crippen molar-refractivity contribution in [2.75, 3.05) is 0 Å². The smallest absolute Gasteiger partial charge is 0.185 e. The van der Waals surface area contributed by atoms with Crippen molar-refractivity contribution in [3.63, 3.8) is 0 Å². The van der Waals surface area contributed by atoms with Gasteiger partial charge in [0.2, 0.25) is 0 Å². The summed E-state index contributed by atoms with van der Waals surface area (Å²) in [5, 5.41) is 2.32. The van der Waals surface area contributed by atoms with Crippen molar-refractivity contribution in [1.82, 2.24) is 4.57 Å². The summed E-state index contributed by atoms with van der Waals surface area (Å²) in [4.78, 5) is 13.5. The summed E-state index contributed by atoms with van der Waals surface area (Å²) >= 11 is 0. The summed E-state index contributed by atoms with van der Waals surface area (Å²) in [5.41, 5.74) is 2.70. The van der Waals surface area contributed by atoms with Gasteiger partial charge in [0.1, 0.15) is 5.82 Å². The number of carbonyl (C=O) groups excluding carboxylic acids is 1. The molecule has 0 aliphatic carbocycles. The molecule has 0 N–H and O–H groups in total. The number of aromatic nitrogens is 1. The minimum atomic E-state index is -0.323. The first-order chi connectivity index (χ1) is 13.7. The van der Waals surface area contributed by atoms with Gasteiger partial charge in [-0.15, -0.1) is 0 Å². The van der Waals surface area contributed by atoms with E-state index in [-0.39, 0.29) is 17.6 Å². The van der Waals surface area contributed by atoms with Crippen molar-refractivity contribution >= 4 is 27.6 Å². The fraction of sp³-hybridized carbons (Fsp3) is 0.240. The van der Waals surface area contributed by atoms with Gasteiger partial charge in [-0.05, 0) is 42.8 Å². The number of para-hydroxylation sites is 2. The summed E-state index contributed by atoms with van der Waals surface area (Å²) in [5.74, 6) is -0.279. The van der Waals surface area contributed by atoms with E-state index < -0.39 is 0 Å². The van der Waals surface area contributed by atoms with E-state index >= 15 is 0 Å². The number of hydrogen-bond acceptors (Lipinski definition) is 1. The first-order valence-corrected chi connectivity index (χ1v) is 9.98. The Morgan fingerprint density at radius 2 is 1.43 bits per heavy atom. The Hall–Kier alpha value is -2.94. The van der Waals surface area contributed by atoms with Crippen LogP contribution in [-0.4, -0.2) is 10.4 Å². The van der Waals surface area contributed by atoms with Crippen LogP contribution < -0.4 is 0 Å². The largest absolute Gasteiger partial charge is 0.329 e. The molecule has 0 radical (unpaired) electrons. The Bertz CT molecular complexity index is 1060. The normalized spacial score (nSPS) is 12.5. The number of nitrogens with zero attached hydrogens (tertiary/aromatic N) is 1. The summed E-state index contributed by atoms with van der Waals surface area (Å²) in [6.07, 6.45) is 3.94. The lowest BCUT2D eigenvalue weighted by atomic mass is 9.98. The highest BCUT2D eigenvalue weighted by atomic mass is 19.1. The zero-order valence-corrected chi connectivity index (χ0v) is 16.1. The van der Waals surface area contributed by atoms with Crippen molar-refractivity contribution in [3.8, 4) is 0 Å². The van der Waals surface area contributed by atoms with Crippen LogP contribution in [0.4, 0.5) is 4.39 Å². The molecule has 2 nitrogen and oxygen atoms in total. The molecule has 0 saturated carbocycles. The lowest BCUT2D eigenvalue weighted by molar-refractivity contribution is 0.0922. The maximum absolute atomic E-state index is 13.5. The van der Waals surface area contributed by atoms with Crippen LogP contribution in [0.3, 0.4) is 0 Å². The molecule has 3 heteroatoms. The van der Waals surface area contributed by atoms with Crippen LogP contribution in [0.5, 0.6) is 0 Å². The van der Waals surface area contributed by atoms with E-state index in [0.29, 0.717) is 5.56 Å². The molecule has 0 bridgehead atoms. The Morgan fingerprint density at radius 1 is 0.857 bits per heavy atom. The van der Waals surface area contributed by atoms with Gasteiger partial charge < -0.3 is 4.57 Å². The van der Waals surface area contributed by atoms with Crippen molar-refractivity contribution in [1.29, 1.82) is 0 Å². The molecule has 1 atom stereocenters. The molecule has 0 amide bonds. The molecular formula is C25H24FNO. The van der Waals surface area contributed by atoms with E-state index in [4.69, 9.17) is 0 Å². The summed E-state index contributed by atoms with van der Waals surface area (Å²) in [7, 11) is 0. The van der Waals surface area contributed by atoms with Crippen LogP contribution >= 0.6 is 0 Å². The van der Waals surface area contributed by atoms with Gasteiger partial charge in [0.05, 0.1) is 6.04 Å². The van der Waals surface area contributed by atoms with Crippen molar-refractivity contribution in [2.45, 2.75) is 38.6 Å². The third-order valence-electron chi connectivity index (χ3n) is 5.44. The van der Waals surface area contributed by atoms with Crippen LogP contribution in [0.15, 0.2) is 72.8 Å². The minimum Gasteiger partial charge on any atom is -0.329 e. The average molecular weight is 373 g/mol. The number of hydrogen-bond donors (Lipinski definition) is 0. The van der Waals surface area contributed by atoms with Gasteiger partial charge in [-0.1, -0.05) is 62.6 Å². The number of benzene rings is 3. The second kappa shape index (κ2) is 7.97. The predicted molar refractivity (Wildman–Crippen MR) is 113 cm³/mol. The van der Waals surface area contributed by atoms with Crippen LogP contribution in [0.1, 0.15) is 49.0 Å². The van der Waals surface area contributed by atoms with Gasteiger partial charge in [0.15, 0.2) is 5.78 Å². The molecule has 4 aromatic rings. The molecule has 1 heterocycles. The molecule has 0 saturated heterocycles. The Kier molecular flexibility index (Phi) is 5.25. The van der Waals surface area contributed by atoms with E-state index in [1.807, 2.05) is 24.3 Å². The Morgan fingerprint density at radius 3 is 2.00 bits per heavy atom. The highest BCUT2D eigenvalue weighted by molar-refractivity contribution is 6.10. The third-order valence-corrected chi connectivity index (χ3v) is 5.44. The summed E-state index contributed by atoms with van der Waals surface area (Å²) < 4.78 is 15.6. The monoisotopic (exact) mass is 373 g/mol. The van der Waals surface area contributed by atoms with Gasteiger partial charge in [-0.2, -0.15) is 0 Å². The van der Waals surface area contributed by atoms with Crippen molar-refractivity contribution < 1.29 is 9.18 Å². The SMILES string of the molecule is CCCCCC(C(=O)c1ccc(F)cc1)n1c2ccccc2c2ccccc21. The Labute approximate surface area is 164 Å². The number of halogens is 1. The topological polar surface area (TPSA) is 22.0 Å². The van der Waals surface area contributed by atoms with Crippen LogP contribution in [0, 0.1) is 5.82 Å². The fourth-order valence-electron chi connectivity index (χ4n) is 4.06. The van der Waals surface area contributed by atoms with Gasteiger partial charge >= 0.3 is 0 Å². The summed E-state index contributed by atoms with van der Waals surface area (Å²) in [6.45, 7) is 2.16. The fourth-order valence-corrected chi connectivity index (χ4v) is 4.06. The van der Waals surface area contributed by atoms with E-state index in [9.17, 15) is 9.18 Å². The minimum absolute atomic E-state index is 0.0441. The molecule has 0 aliphatic rings. The van der Waals surface area contributed by atoms with Crippen molar-refractivity contribution in [2.24, 2.45) is 0 Å². The van der Waals surface area contributed by atoms with E-state index in [1.54, 1.807) is 12.1 Å². The first kappa shape index (κ1) is 18.4. The van der Waals surface area contributed by atoms with Gasteiger partial charge in [0, 0.05) is 27.4 Å². The summed E-state index contributed by atoms with van der Waals surface area (Å²) in [6, 6.07) is 22.1. The Balaban J connectivity index is 1.88. The second-order valence-electron chi connectivity index (χ2n) is 7.29. The molecule has 28 heavy (non-hydrogen) atoms. The molecule has 1 unspecified atom stereocenters. The number of carbonyl (C=O) groups is 1. The van der Waals surface area contributed by atoms with Crippen molar-refractivity contribution in [3.05, 3.63) is 84.2 Å². The quantitative estimate of drug-likeness (QED) is 0.254. The second-order valence-corrected chi connectivity index (χ2v) is 7.29. The standard InChI is InChI=1S/C25H24FNO/c1-2-3-4-13-24(25(28)18-14-16-19(26)17-15-18)27-22-11-7-5-9-20(22)21-10-6-8-12-23(21)27/h5-12,14-17,24H,2-4,13H2,1H3. The molecule has 3 aromatic carbocycles. The number of fused-ring (bicyclic) bond motifs is 3. The van der Waals surface area contributed by atoms with E-state index in [2.05, 4.69) is 35.8 Å². The lowest BCUT2D eigenvalue weighted by Gasteiger charge is -2.21. The van der Waals surface area contributed by atoms with E-state index in [1.165, 1.54) is 12.1 Å². The van der Waals surface area contributed by atoms with Crippen LogP contribution in [0.2, 0.25) is 0 Å². The molecule has 0 spiro atoms. The molecular weight excluding hydrogens is 349 g/mol. The van der Waals surface area contributed by atoms with Gasteiger partial charge in [-0.25, -0.2) is 4.39 Å². The predicted octanol–water partition coefficient (Wildman–Crippen LogP) is 6.94. The maximum Gasteiger partial charge on any atom is 0.185 e. The average Bonchev–Trinajstić information content (AvgIpc) is 3.06. The zero-order valence-electron chi connectivity index (χ0n) is 16.1. The number of ketones is 1. The highest BCUT2D eigenvalue weighted by Crippen LogP contribution is 2.34. The van der Waals surface area contributed by atoms with Crippen LogP contribution in [0.25, 0.3) is 21.8 Å². The third kappa shape index (κ3) is 3.33. The number of rotatable bonds is 7. The first-order valence-electron chi connectivity index (χ1n) is 9.98. The zero-order chi connectivity index (χ0) is 19.5. The van der Waals surface area contributed by atoms with Gasteiger partial charge in [0.25, 0.3) is 0 Å². The highest BCUT2D eigenvalue weighted by Gasteiger charge is 2.25. The molecule has 4 rings (SSSR count). The molecule has 0 fully saturated rings. The van der Waals surface area contributed by atoms with E-state index in [0.717, 1.165) is 47.5 Å².